The summed E-state index contributed by atoms with van der Waals surface area (Å²) < 4.78 is 42.6. The average Bonchev–Trinajstić information content (AvgIpc) is 3.29. The molecular formula is C25H27F3N6O2. The molecule has 8 nitrogen and oxygen atoms in total. The van der Waals surface area contributed by atoms with Gasteiger partial charge in [-0.1, -0.05) is 19.9 Å². The van der Waals surface area contributed by atoms with E-state index in [-0.39, 0.29) is 29.8 Å². The highest BCUT2D eigenvalue weighted by molar-refractivity contribution is 5.95. The van der Waals surface area contributed by atoms with Crippen LogP contribution in [0.3, 0.4) is 0 Å². The number of aryl methyl sites for hydroxylation is 1. The van der Waals surface area contributed by atoms with E-state index in [2.05, 4.69) is 10.00 Å². The van der Waals surface area contributed by atoms with Crippen LogP contribution in [0.1, 0.15) is 42.6 Å². The summed E-state index contributed by atoms with van der Waals surface area (Å²) in [6, 6.07) is 7.61. The number of rotatable bonds is 5. The fourth-order valence-corrected chi connectivity index (χ4v) is 4.80. The second-order valence-electron chi connectivity index (χ2n) is 8.96. The number of carbonyl (C=O) groups excluding carboxylic acids is 1. The Bertz CT molecular complexity index is 1390. The van der Waals surface area contributed by atoms with E-state index in [0.29, 0.717) is 42.7 Å². The van der Waals surface area contributed by atoms with Gasteiger partial charge in [0, 0.05) is 43.9 Å². The Morgan fingerprint density at radius 1 is 1.17 bits per heavy atom. The van der Waals surface area contributed by atoms with Crippen molar-refractivity contribution in [1.29, 1.82) is 5.26 Å². The van der Waals surface area contributed by atoms with E-state index >= 15 is 0 Å². The Morgan fingerprint density at radius 2 is 1.89 bits per heavy atom. The van der Waals surface area contributed by atoms with Gasteiger partial charge in [0.25, 0.3) is 11.5 Å². The molecule has 11 heteroatoms. The molecule has 0 spiro atoms. The predicted molar refractivity (Wildman–Crippen MR) is 129 cm³/mol. The zero-order chi connectivity index (χ0) is 26.2. The molecule has 1 aliphatic heterocycles. The molecular weight excluding hydrogens is 473 g/mol. The first-order valence-electron chi connectivity index (χ1n) is 11.8. The molecule has 0 N–H and O–H groups in total. The van der Waals surface area contributed by atoms with Crippen molar-refractivity contribution in [2.24, 2.45) is 7.05 Å². The van der Waals surface area contributed by atoms with Gasteiger partial charge in [0.2, 0.25) is 0 Å². The smallest absolute Gasteiger partial charge is 0.363 e. The van der Waals surface area contributed by atoms with Crippen LogP contribution in [0.15, 0.2) is 41.3 Å². The van der Waals surface area contributed by atoms with Crippen LogP contribution in [0.2, 0.25) is 0 Å². The van der Waals surface area contributed by atoms with E-state index in [4.69, 9.17) is 5.26 Å². The zero-order valence-corrected chi connectivity index (χ0v) is 20.3. The molecule has 4 rings (SSSR count). The lowest BCUT2D eigenvalue weighted by molar-refractivity contribution is -0.137. The number of hydrogen-bond acceptors (Lipinski definition) is 5. The van der Waals surface area contributed by atoms with E-state index in [9.17, 15) is 22.8 Å². The van der Waals surface area contributed by atoms with Crippen molar-refractivity contribution in [3.05, 3.63) is 58.0 Å². The van der Waals surface area contributed by atoms with E-state index in [1.165, 1.54) is 27.4 Å². The lowest BCUT2D eigenvalue weighted by atomic mass is 9.99. The molecule has 1 saturated heterocycles. The summed E-state index contributed by atoms with van der Waals surface area (Å²) in [7, 11) is 1.64. The second kappa shape index (κ2) is 9.68. The molecule has 1 amide bonds. The van der Waals surface area contributed by atoms with Crippen LogP contribution in [0, 0.1) is 11.3 Å². The number of benzene rings is 1. The number of nitrogens with zero attached hydrogens (tertiary/aromatic N) is 6. The van der Waals surface area contributed by atoms with Crippen molar-refractivity contribution in [3.63, 3.8) is 0 Å². The molecule has 3 aromatic rings. The van der Waals surface area contributed by atoms with Gasteiger partial charge in [-0.2, -0.15) is 23.5 Å². The van der Waals surface area contributed by atoms with Crippen molar-refractivity contribution in [2.45, 2.75) is 51.5 Å². The van der Waals surface area contributed by atoms with Crippen LogP contribution in [-0.4, -0.2) is 50.3 Å². The molecule has 36 heavy (non-hydrogen) atoms. The van der Waals surface area contributed by atoms with E-state index in [1.54, 1.807) is 18.1 Å². The van der Waals surface area contributed by atoms with Crippen molar-refractivity contribution in [2.75, 3.05) is 18.0 Å². The van der Waals surface area contributed by atoms with Gasteiger partial charge in [-0.25, -0.2) is 0 Å². The number of aromatic nitrogens is 3. The largest absolute Gasteiger partial charge is 0.416 e. The van der Waals surface area contributed by atoms with Gasteiger partial charge < -0.3 is 14.4 Å². The van der Waals surface area contributed by atoms with Gasteiger partial charge in [-0.3, -0.25) is 14.3 Å². The standard InChI is InChI=1S/C25H27F3N6O2/c1-4-18-14-34(24(36)16-7-6-8-17(11-16)25(26,27)28)19(5-2)13-33(18)20-12-22(35)31(3)21-15-32(10-9-29)30-23(20)21/h6-8,11-12,15,18-19H,4-5,10,13-14H2,1-3H3/t18-,19+/m0/s1. The third-order valence-corrected chi connectivity index (χ3v) is 6.82. The number of nitriles is 1. The molecule has 1 aromatic carbocycles. The summed E-state index contributed by atoms with van der Waals surface area (Å²) in [4.78, 5) is 29.9. The molecule has 0 aliphatic carbocycles. The summed E-state index contributed by atoms with van der Waals surface area (Å²) >= 11 is 0. The Balaban J connectivity index is 1.72. The number of pyridine rings is 1. The maximum atomic E-state index is 13.4. The minimum Gasteiger partial charge on any atom is -0.363 e. The second-order valence-corrected chi connectivity index (χ2v) is 8.96. The maximum Gasteiger partial charge on any atom is 0.416 e. The van der Waals surface area contributed by atoms with Crippen molar-refractivity contribution < 1.29 is 18.0 Å². The highest BCUT2D eigenvalue weighted by Crippen LogP contribution is 2.33. The zero-order valence-electron chi connectivity index (χ0n) is 20.3. The fourth-order valence-electron chi connectivity index (χ4n) is 4.80. The molecule has 2 aromatic heterocycles. The highest BCUT2D eigenvalue weighted by atomic mass is 19.4. The molecule has 0 saturated carbocycles. The minimum absolute atomic E-state index is 0.00204. The molecule has 1 aliphatic rings. The van der Waals surface area contributed by atoms with Crippen LogP contribution < -0.4 is 10.5 Å². The number of anilines is 1. The number of piperazine rings is 1. The first-order chi connectivity index (χ1) is 17.1. The fraction of sp³-hybridized carbons (Fsp3) is 0.440. The highest BCUT2D eigenvalue weighted by Gasteiger charge is 2.37. The third-order valence-electron chi connectivity index (χ3n) is 6.82. The van der Waals surface area contributed by atoms with Crippen LogP contribution in [0.5, 0.6) is 0 Å². The number of hydrogen-bond donors (Lipinski definition) is 0. The Kier molecular flexibility index (Phi) is 6.80. The van der Waals surface area contributed by atoms with Gasteiger partial charge in [-0.15, -0.1) is 0 Å². The number of amides is 1. The molecule has 1 fully saturated rings. The van der Waals surface area contributed by atoms with Crippen LogP contribution >= 0.6 is 0 Å². The quantitative estimate of drug-likeness (QED) is 0.532. The summed E-state index contributed by atoms with van der Waals surface area (Å²) in [6.45, 7) is 4.61. The summed E-state index contributed by atoms with van der Waals surface area (Å²) in [5.41, 5.74) is 0.720. The van der Waals surface area contributed by atoms with Gasteiger partial charge >= 0.3 is 6.18 Å². The first kappa shape index (κ1) is 25.3. The first-order valence-corrected chi connectivity index (χ1v) is 11.8. The lowest BCUT2D eigenvalue weighted by Gasteiger charge is -2.47. The molecule has 0 bridgehead atoms. The summed E-state index contributed by atoms with van der Waals surface area (Å²) in [5.74, 6) is -0.446. The van der Waals surface area contributed by atoms with E-state index < -0.39 is 17.6 Å². The molecule has 0 unspecified atom stereocenters. The summed E-state index contributed by atoms with van der Waals surface area (Å²) in [5, 5.41) is 13.6. The molecule has 2 atom stereocenters. The Labute approximate surface area is 206 Å². The van der Waals surface area contributed by atoms with Crippen LogP contribution in [-0.2, 0) is 19.8 Å². The maximum absolute atomic E-state index is 13.4. The summed E-state index contributed by atoms with van der Waals surface area (Å²) in [6.07, 6.45) is -1.66. The molecule has 0 radical (unpaired) electrons. The number of carbonyl (C=O) groups is 1. The third kappa shape index (κ3) is 4.55. The monoisotopic (exact) mass is 500 g/mol. The van der Waals surface area contributed by atoms with Gasteiger partial charge in [-0.05, 0) is 31.0 Å². The SMILES string of the molecule is CC[C@@H]1CN(c2cc(=O)n(C)c3cn(CC#N)nc23)[C@@H](CC)CN1C(=O)c1cccc(C(F)(F)F)c1. The Hall–Kier alpha value is -3.81. The normalized spacial score (nSPS) is 18.5. The number of halogens is 3. The van der Waals surface area contributed by atoms with Gasteiger partial charge in [0.15, 0.2) is 0 Å². The van der Waals surface area contributed by atoms with Crippen LogP contribution in [0.4, 0.5) is 18.9 Å². The van der Waals surface area contributed by atoms with Crippen molar-refractivity contribution >= 4 is 22.6 Å². The van der Waals surface area contributed by atoms with Crippen molar-refractivity contribution in [1.82, 2.24) is 19.2 Å². The number of fused-ring (bicyclic) bond motifs is 1. The predicted octanol–water partition coefficient (Wildman–Crippen LogP) is 3.80. The van der Waals surface area contributed by atoms with Gasteiger partial charge in [0.1, 0.15) is 12.1 Å². The lowest BCUT2D eigenvalue weighted by Crippen LogP contribution is -2.60. The average molecular weight is 501 g/mol. The molecule has 190 valence electrons. The topological polar surface area (TPSA) is 87.2 Å². The van der Waals surface area contributed by atoms with E-state index in [0.717, 1.165) is 12.1 Å². The van der Waals surface area contributed by atoms with E-state index in [1.807, 2.05) is 19.9 Å². The molecule has 3 heterocycles. The number of alkyl halides is 3. The minimum atomic E-state index is -4.54. The van der Waals surface area contributed by atoms with Gasteiger partial charge in [0.05, 0.1) is 29.0 Å². The van der Waals surface area contributed by atoms with Crippen molar-refractivity contribution in [3.8, 4) is 6.07 Å². The Morgan fingerprint density at radius 3 is 2.53 bits per heavy atom. The van der Waals surface area contributed by atoms with Crippen LogP contribution in [0.25, 0.3) is 11.0 Å².